The monoisotopic (exact) mass is 531 g/mol. The first-order valence-corrected chi connectivity index (χ1v) is 9.66. The molecule has 0 spiro atoms. The summed E-state index contributed by atoms with van der Waals surface area (Å²) in [6, 6.07) is 8.52. The van der Waals surface area contributed by atoms with Crippen molar-refractivity contribution >= 4 is 61.5 Å². The highest BCUT2D eigenvalue weighted by Gasteiger charge is 2.29. The summed E-state index contributed by atoms with van der Waals surface area (Å²) >= 11 is 5.65. The van der Waals surface area contributed by atoms with Crippen LogP contribution >= 0.6 is 38.5 Å². The molecule has 9 heteroatoms. The number of methoxy groups -OCH3 is 1. The molecule has 1 fully saturated rings. The molecule has 3 rings (SSSR count). The minimum Gasteiger partial charge on any atom is -0.489 e. The van der Waals surface area contributed by atoms with Gasteiger partial charge >= 0.3 is 5.69 Å². The number of carbonyl (C=O) groups is 1. The summed E-state index contributed by atoms with van der Waals surface area (Å²) < 4.78 is 7.08. The van der Waals surface area contributed by atoms with Gasteiger partial charge in [0.15, 0.2) is 0 Å². The van der Waals surface area contributed by atoms with Crippen molar-refractivity contribution < 1.29 is 14.5 Å². The summed E-state index contributed by atoms with van der Waals surface area (Å²) in [6.07, 6.45) is 1.89. The zero-order valence-electron chi connectivity index (χ0n) is 13.7. The number of nitro groups is 1. The maximum absolute atomic E-state index is 12.6. The van der Waals surface area contributed by atoms with Crippen molar-refractivity contribution in [1.29, 1.82) is 0 Å². The van der Waals surface area contributed by atoms with Gasteiger partial charge < -0.3 is 15.4 Å². The van der Waals surface area contributed by atoms with Crippen LogP contribution in [0.25, 0.3) is 0 Å². The fraction of sp³-hybridized carbons (Fsp3) is 0.235. The molecule has 0 saturated heterocycles. The maximum atomic E-state index is 12.6. The molecule has 2 aromatic rings. The SMILES string of the molecule is COc1c([N+](=O)[O-])ccc(C(=O)NC2CC2)c1Nc1ccc(I)cc1Br. The van der Waals surface area contributed by atoms with E-state index in [1.165, 1.54) is 19.2 Å². The molecular formula is C17H15BrIN3O4. The molecule has 1 amide bonds. The van der Waals surface area contributed by atoms with Gasteiger partial charge in [-0.05, 0) is 75.6 Å². The van der Waals surface area contributed by atoms with Crippen molar-refractivity contribution in [3.63, 3.8) is 0 Å². The average molecular weight is 532 g/mol. The highest BCUT2D eigenvalue weighted by atomic mass is 127. The van der Waals surface area contributed by atoms with Crippen molar-refractivity contribution in [2.24, 2.45) is 0 Å². The van der Waals surface area contributed by atoms with Crippen LogP contribution in [0.4, 0.5) is 17.1 Å². The summed E-state index contributed by atoms with van der Waals surface area (Å²) in [4.78, 5) is 23.4. The van der Waals surface area contributed by atoms with Crippen LogP contribution in [0.15, 0.2) is 34.8 Å². The number of nitro benzene ring substituents is 1. The Bertz CT molecular complexity index is 887. The minimum atomic E-state index is -0.532. The smallest absolute Gasteiger partial charge is 0.313 e. The minimum absolute atomic E-state index is 0.0175. The van der Waals surface area contributed by atoms with E-state index < -0.39 is 4.92 Å². The Balaban J connectivity index is 2.09. The van der Waals surface area contributed by atoms with E-state index in [9.17, 15) is 14.9 Å². The second-order valence-electron chi connectivity index (χ2n) is 5.79. The van der Waals surface area contributed by atoms with Crippen molar-refractivity contribution in [1.82, 2.24) is 5.32 Å². The Kier molecular flexibility index (Phi) is 5.66. The number of ether oxygens (including phenoxy) is 1. The summed E-state index contributed by atoms with van der Waals surface area (Å²) in [7, 11) is 1.35. The standard InChI is InChI=1S/C17H15BrIN3O4/c1-26-16-14(22(24)25)7-5-11(17(23)20-10-3-4-10)15(16)21-13-6-2-9(19)8-12(13)18/h2,5-8,10,21H,3-4H2,1H3,(H,20,23). The van der Waals surface area contributed by atoms with Crippen molar-refractivity contribution in [3.8, 4) is 5.75 Å². The number of rotatable bonds is 6. The zero-order valence-corrected chi connectivity index (χ0v) is 17.5. The maximum Gasteiger partial charge on any atom is 0.313 e. The Hall–Kier alpha value is -1.88. The third-order valence-corrected chi connectivity index (χ3v) is 5.21. The molecular weight excluding hydrogens is 517 g/mol. The van der Waals surface area contributed by atoms with E-state index in [1.54, 1.807) is 0 Å². The van der Waals surface area contributed by atoms with Crippen LogP contribution in [0.1, 0.15) is 23.2 Å². The Morgan fingerprint density at radius 3 is 2.65 bits per heavy atom. The van der Waals surface area contributed by atoms with Gasteiger partial charge in [0.1, 0.15) is 5.69 Å². The molecule has 2 N–H and O–H groups in total. The largest absolute Gasteiger partial charge is 0.489 e. The van der Waals surface area contributed by atoms with Crippen LogP contribution in [0.5, 0.6) is 5.75 Å². The zero-order chi connectivity index (χ0) is 18.8. The molecule has 0 unspecified atom stereocenters. The molecule has 0 radical (unpaired) electrons. The predicted molar refractivity (Wildman–Crippen MR) is 110 cm³/mol. The predicted octanol–water partition coefficient (Wildman–Crippen LogP) is 4.61. The first-order chi connectivity index (χ1) is 12.4. The number of anilines is 2. The second kappa shape index (κ2) is 7.78. The van der Waals surface area contributed by atoms with Crippen LogP contribution in [-0.2, 0) is 0 Å². The molecule has 0 aliphatic heterocycles. The summed E-state index contributed by atoms with van der Waals surface area (Å²) in [6.45, 7) is 0. The molecule has 2 aromatic carbocycles. The molecule has 0 aromatic heterocycles. The van der Waals surface area contributed by atoms with E-state index in [2.05, 4.69) is 49.2 Å². The van der Waals surface area contributed by atoms with Gasteiger partial charge in [-0.3, -0.25) is 14.9 Å². The average Bonchev–Trinajstić information content (AvgIpc) is 3.40. The lowest BCUT2D eigenvalue weighted by atomic mass is 10.1. The first kappa shape index (κ1) is 18.9. The van der Waals surface area contributed by atoms with Gasteiger partial charge in [0.25, 0.3) is 5.91 Å². The van der Waals surface area contributed by atoms with Crippen LogP contribution in [-0.4, -0.2) is 24.0 Å². The van der Waals surface area contributed by atoms with Crippen molar-refractivity contribution in [2.75, 3.05) is 12.4 Å². The Morgan fingerprint density at radius 2 is 2.08 bits per heavy atom. The van der Waals surface area contributed by atoms with E-state index in [0.29, 0.717) is 11.3 Å². The molecule has 26 heavy (non-hydrogen) atoms. The van der Waals surface area contributed by atoms with Gasteiger partial charge in [0, 0.05) is 20.2 Å². The molecule has 0 heterocycles. The van der Waals surface area contributed by atoms with Gasteiger partial charge in [-0.15, -0.1) is 0 Å². The van der Waals surface area contributed by atoms with Crippen molar-refractivity contribution in [3.05, 3.63) is 54.1 Å². The lowest BCUT2D eigenvalue weighted by Gasteiger charge is -2.17. The molecule has 7 nitrogen and oxygen atoms in total. The number of hydrogen-bond acceptors (Lipinski definition) is 5. The van der Waals surface area contributed by atoms with Gasteiger partial charge in [0.05, 0.1) is 23.3 Å². The van der Waals surface area contributed by atoms with Crippen LogP contribution in [0.3, 0.4) is 0 Å². The molecule has 1 aliphatic rings. The number of amides is 1. The fourth-order valence-corrected chi connectivity index (χ4v) is 3.85. The van der Waals surface area contributed by atoms with Gasteiger partial charge in [0.2, 0.25) is 5.75 Å². The van der Waals surface area contributed by atoms with Gasteiger partial charge in [-0.2, -0.15) is 0 Å². The van der Waals surface area contributed by atoms with Crippen LogP contribution < -0.4 is 15.4 Å². The third kappa shape index (κ3) is 4.09. The molecule has 1 saturated carbocycles. The lowest BCUT2D eigenvalue weighted by Crippen LogP contribution is -2.26. The third-order valence-electron chi connectivity index (χ3n) is 3.89. The van der Waals surface area contributed by atoms with E-state index in [1.807, 2.05) is 18.2 Å². The first-order valence-electron chi connectivity index (χ1n) is 7.79. The highest BCUT2D eigenvalue weighted by Crippen LogP contribution is 2.41. The molecule has 136 valence electrons. The molecule has 0 atom stereocenters. The van der Waals surface area contributed by atoms with E-state index in [4.69, 9.17) is 4.74 Å². The van der Waals surface area contributed by atoms with E-state index >= 15 is 0 Å². The fourth-order valence-electron chi connectivity index (χ4n) is 2.45. The summed E-state index contributed by atoms with van der Waals surface area (Å²) in [5.74, 6) is -0.270. The van der Waals surface area contributed by atoms with Gasteiger partial charge in [-0.25, -0.2) is 0 Å². The molecule has 1 aliphatic carbocycles. The van der Waals surface area contributed by atoms with E-state index in [0.717, 1.165) is 20.9 Å². The lowest BCUT2D eigenvalue weighted by molar-refractivity contribution is -0.385. The quantitative estimate of drug-likeness (QED) is 0.322. The Morgan fingerprint density at radius 1 is 1.35 bits per heavy atom. The Labute approximate surface area is 171 Å². The van der Waals surface area contributed by atoms with Crippen LogP contribution in [0, 0.1) is 13.7 Å². The van der Waals surface area contributed by atoms with Gasteiger partial charge in [-0.1, -0.05) is 0 Å². The number of carbonyl (C=O) groups excluding carboxylic acids is 1. The number of nitrogens with one attached hydrogen (secondary N) is 2. The topological polar surface area (TPSA) is 93.5 Å². The van der Waals surface area contributed by atoms with E-state index in [-0.39, 0.29) is 29.1 Å². The summed E-state index contributed by atoms with van der Waals surface area (Å²) in [5.41, 5.74) is 1.02. The number of nitrogens with zero attached hydrogens (tertiary/aromatic N) is 1. The number of benzene rings is 2. The molecule has 0 bridgehead atoms. The summed E-state index contributed by atoms with van der Waals surface area (Å²) in [5, 5.41) is 17.4. The van der Waals surface area contributed by atoms with Crippen molar-refractivity contribution in [2.45, 2.75) is 18.9 Å². The number of halogens is 2. The second-order valence-corrected chi connectivity index (χ2v) is 7.89. The highest BCUT2D eigenvalue weighted by molar-refractivity contribution is 14.1. The van der Waals surface area contributed by atoms with Crippen LogP contribution in [0.2, 0.25) is 0 Å². The number of hydrogen-bond donors (Lipinski definition) is 2. The normalized spacial score (nSPS) is 13.2.